The van der Waals surface area contributed by atoms with E-state index < -0.39 is 6.10 Å². The van der Waals surface area contributed by atoms with Gasteiger partial charge in [0, 0.05) is 18.3 Å². The first kappa shape index (κ1) is 9.24. The molecule has 0 aliphatic carbocycles. The minimum atomic E-state index is -0.519. The van der Waals surface area contributed by atoms with Crippen LogP contribution in [0.5, 0.6) is 0 Å². The quantitative estimate of drug-likeness (QED) is 0.786. The molecule has 2 aliphatic heterocycles. The summed E-state index contributed by atoms with van der Waals surface area (Å²) in [5, 5.41) is 10.2. The van der Waals surface area contributed by atoms with Gasteiger partial charge >= 0.3 is 0 Å². The summed E-state index contributed by atoms with van der Waals surface area (Å²) in [6, 6.07) is 0. The van der Waals surface area contributed by atoms with Gasteiger partial charge in [-0.1, -0.05) is 0 Å². The number of aliphatic hydroxyl groups excluding tert-OH is 1. The molecule has 0 amide bonds. The van der Waals surface area contributed by atoms with Gasteiger partial charge in [0.25, 0.3) is 0 Å². The van der Waals surface area contributed by atoms with Crippen LogP contribution < -0.4 is 0 Å². The van der Waals surface area contributed by atoms with Gasteiger partial charge < -0.3 is 9.84 Å². The lowest BCUT2D eigenvalue weighted by molar-refractivity contribution is 0.0401. The first-order valence-electron chi connectivity index (χ1n) is 5.44. The van der Waals surface area contributed by atoms with Crippen LogP contribution in [0.25, 0.3) is 0 Å². The Kier molecular flexibility index (Phi) is 2.18. The van der Waals surface area contributed by atoms with Crippen molar-refractivity contribution in [2.24, 2.45) is 5.92 Å². The van der Waals surface area contributed by atoms with Gasteiger partial charge in [-0.2, -0.15) is 0 Å². The van der Waals surface area contributed by atoms with Crippen LogP contribution in [0.4, 0.5) is 0 Å². The monoisotopic (exact) mass is 206 g/mol. The van der Waals surface area contributed by atoms with E-state index in [1.165, 1.54) is 0 Å². The van der Waals surface area contributed by atoms with Crippen molar-refractivity contribution >= 4 is 0 Å². The summed E-state index contributed by atoms with van der Waals surface area (Å²) in [7, 11) is 0. The minimum Gasteiger partial charge on any atom is -0.386 e. The SMILES string of the molecule is OC(c1cnccn1)C1CC2CCC1O2. The molecule has 4 nitrogen and oxygen atoms in total. The number of aromatic nitrogens is 2. The van der Waals surface area contributed by atoms with E-state index in [1.807, 2.05) is 0 Å². The minimum absolute atomic E-state index is 0.209. The van der Waals surface area contributed by atoms with Crippen LogP contribution in [-0.4, -0.2) is 27.3 Å². The number of ether oxygens (including phenoxy) is 1. The van der Waals surface area contributed by atoms with Crippen molar-refractivity contribution in [2.75, 3.05) is 0 Å². The molecule has 0 radical (unpaired) electrons. The zero-order valence-corrected chi connectivity index (χ0v) is 8.41. The highest BCUT2D eigenvalue weighted by Crippen LogP contribution is 2.44. The van der Waals surface area contributed by atoms with Gasteiger partial charge in [0.2, 0.25) is 0 Å². The molecule has 2 bridgehead atoms. The molecule has 4 heteroatoms. The first-order valence-corrected chi connectivity index (χ1v) is 5.44. The predicted molar refractivity (Wildman–Crippen MR) is 53.0 cm³/mol. The fraction of sp³-hybridized carbons (Fsp3) is 0.636. The molecule has 3 rings (SSSR count). The van der Waals surface area contributed by atoms with Crippen LogP contribution in [0.2, 0.25) is 0 Å². The molecule has 4 atom stereocenters. The second-order valence-electron chi connectivity index (χ2n) is 4.35. The van der Waals surface area contributed by atoms with Crippen LogP contribution in [0.3, 0.4) is 0 Å². The lowest BCUT2D eigenvalue weighted by atomic mass is 9.84. The Morgan fingerprint density at radius 1 is 1.40 bits per heavy atom. The van der Waals surface area contributed by atoms with Gasteiger partial charge in [0.05, 0.1) is 24.1 Å². The maximum absolute atomic E-state index is 10.2. The first-order chi connectivity index (χ1) is 7.34. The summed E-state index contributed by atoms with van der Waals surface area (Å²) in [5.41, 5.74) is 0.665. The van der Waals surface area contributed by atoms with Gasteiger partial charge in [-0.3, -0.25) is 9.97 Å². The third kappa shape index (κ3) is 1.54. The summed E-state index contributed by atoms with van der Waals surface area (Å²) in [5.74, 6) is 0.209. The average molecular weight is 206 g/mol. The largest absolute Gasteiger partial charge is 0.386 e. The number of fused-ring (bicyclic) bond motifs is 2. The van der Waals surface area contributed by atoms with Gasteiger partial charge in [-0.15, -0.1) is 0 Å². The molecule has 15 heavy (non-hydrogen) atoms. The van der Waals surface area contributed by atoms with Crippen molar-refractivity contribution in [1.29, 1.82) is 0 Å². The Morgan fingerprint density at radius 3 is 2.93 bits per heavy atom. The standard InChI is InChI=1S/C11H14N2O2/c14-11(9-6-12-3-4-13-9)8-5-7-1-2-10(8)15-7/h3-4,6-8,10-11,14H,1-2,5H2. The molecule has 1 aromatic heterocycles. The second kappa shape index (κ2) is 3.54. The predicted octanol–water partition coefficient (Wildman–Crippen LogP) is 1.08. The number of hydrogen-bond donors (Lipinski definition) is 1. The van der Waals surface area contributed by atoms with E-state index in [-0.39, 0.29) is 12.0 Å². The molecular formula is C11H14N2O2. The molecule has 3 heterocycles. The Bertz CT molecular complexity index is 344. The Labute approximate surface area is 88.3 Å². The Hall–Kier alpha value is -1.00. The fourth-order valence-electron chi connectivity index (χ4n) is 2.69. The molecule has 4 unspecified atom stereocenters. The van der Waals surface area contributed by atoms with Crippen molar-refractivity contribution in [3.05, 3.63) is 24.3 Å². The summed E-state index contributed by atoms with van der Waals surface area (Å²) in [4.78, 5) is 8.11. The number of hydrogen-bond acceptors (Lipinski definition) is 4. The molecule has 2 aliphatic rings. The summed E-state index contributed by atoms with van der Waals surface area (Å²) in [6.45, 7) is 0. The van der Waals surface area contributed by atoms with E-state index in [4.69, 9.17) is 4.74 Å². The number of nitrogens with zero attached hydrogens (tertiary/aromatic N) is 2. The molecule has 1 N–H and O–H groups in total. The summed E-state index contributed by atoms with van der Waals surface area (Å²) >= 11 is 0. The highest BCUT2D eigenvalue weighted by atomic mass is 16.5. The third-order valence-corrected chi connectivity index (χ3v) is 3.44. The van der Waals surface area contributed by atoms with Crippen molar-refractivity contribution in [1.82, 2.24) is 9.97 Å². The highest BCUT2D eigenvalue weighted by molar-refractivity contribution is 5.05. The van der Waals surface area contributed by atoms with E-state index in [9.17, 15) is 5.11 Å². The fourth-order valence-corrected chi connectivity index (χ4v) is 2.69. The lowest BCUT2D eigenvalue weighted by Gasteiger charge is -2.23. The second-order valence-corrected chi connectivity index (χ2v) is 4.35. The van der Waals surface area contributed by atoms with Crippen LogP contribution >= 0.6 is 0 Å². The van der Waals surface area contributed by atoms with Gasteiger partial charge in [0.1, 0.15) is 6.10 Å². The van der Waals surface area contributed by atoms with Gasteiger partial charge in [0.15, 0.2) is 0 Å². The molecule has 2 fully saturated rings. The molecule has 2 saturated heterocycles. The van der Waals surface area contributed by atoms with E-state index in [0.717, 1.165) is 19.3 Å². The Morgan fingerprint density at radius 2 is 2.33 bits per heavy atom. The lowest BCUT2D eigenvalue weighted by Crippen LogP contribution is -2.24. The zero-order chi connectivity index (χ0) is 10.3. The number of aliphatic hydroxyl groups is 1. The molecule has 0 saturated carbocycles. The van der Waals surface area contributed by atoms with Crippen molar-refractivity contribution in [2.45, 2.75) is 37.6 Å². The molecule has 0 aromatic carbocycles. The molecule has 1 aromatic rings. The van der Waals surface area contributed by atoms with E-state index >= 15 is 0 Å². The topological polar surface area (TPSA) is 55.2 Å². The van der Waals surface area contributed by atoms with Crippen LogP contribution in [0.15, 0.2) is 18.6 Å². The Balaban J connectivity index is 1.78. The van der Waals surface area contributed by atoms with Gasteiger partial charge in [-0.05, 0) is 19.3 Å². The van der Waals surface area contributed by atoms with Crippen molar-refractivity contribution < 1.29 is 9.84 Å². The number of rotatable bonds is 2. The van der Waals surface area contributed by atoms with Crippen molar-refractivity contribution in [3.63, 3.8) is 0 Å². The smallest absolute Gasteiger partial charge is 0.103 e. The molecule has 80 valence electrons. The van der Waals surface area contributed by atoms with E-state index in [2.05, 4.69) is 9.97 Å². The van der Waals surface area contributed by atoms with Crippen LogP contribution in [0.1, 0.15) is 31.1 Å². The van der Waals surface area contributed by atoms with E-state index in [1.54, 1.807) is 18.6 Å². The maximum Gasteiger partial charge on any atom is 0.103 e. The van der Waals surface area contributed by atoms with Crippen LogP contribution in [0, 0.1) is 5.92 Å². The third-order valence-electron chi connectivity index (χ3n) is 3.44. The zero-order valence-electron chi connectivity index (χ0n) is 8.41. The summed E-state index contributed by atoms with van der Waals surface area (Å²) < 4.78 is 5.72. The molecular weight excluding hydrogens is 192 g/mol. The maximum atomic E-state index is 10.2. The molecule has 0 spiro atoms. The van der Waals surface area contributed by atoms with Crippen LogP contribution in [-0.2, 0) is 4.74 Å². The van der Waals surface area contributed by atoms with Crippen molar-refractivity contribution in [3.8, 4) is 0 Å². The summed E-state index contributed by atoms with van der Waals surface area (Å²) in [6.07, 6.45) is 8.13. The van der Waals surface area contributed by atoms with Gasteiger partial charge in [-0.25, -0.2) is 0 Å². The van der Waals surface area contributed by atoms with E-state index in [0.29, 0.717) is 11.8 Å². The average Bonchev–Trinajstić information content (AvgIpc) is 2.91. The highest BCUT2D eigenvalue weighted by Gasteiger charge is 2.44. The normalized spacial score (nSPS) is 35.7.